The number of anilines is 2. The third-order valence-electron chi connectivity index (χ3n) is 2.30. The molecule has 0 aliphatic rings. The Bertz CT molecular complexity index is 575. The fraction of sp³-hybridized carbons (Fsp3) is 0.200. The predicted molar refractivity (Wildman–Crippen MR) is 69.6 cm³/mol. The molecule has 0 aliphatic carbocycles. The Morgan fingerprint density at radius 3 is 2.76 bits per heavy atom. The van der Waals surface area contributed by atoms with E-state index in [-0.39, 0.29) is 5.91 Å². The van der Waals surface area contributed by atoms with Gasteiger partial charge in [0.2, 0.25) is 0 Å². The smallest absolute Gasteiger partial charge is 0.266 e. The third-order valence-corrected chi connectivity index (χ3v) is 3.53. The molecule has 17 heavy (non-hydrogen) atoms. The maximum Gasteiger partial charge on any atom is 0.266 e. The normalized spacial score (nSPS) is 10.5. The number of nitrogens with one attached hydrogen (secondary N) is 1. The molecule has 0 fully saturated rings. The number of carbonyl (C=O) groups excluding carboxylic acids is 1. The lowest BCUT2D eigenvalue weighted by Crippen LogP contribution is -2.14. The van der Waals surface area contributed by atoms with E-state index >= 15 is 0 Å². The average molecular weight is 271 g/mol. The zero-order valence-corrected chi connectivity index (χ0v) is 10.9. The van der Waals surface area contributed by atoms with Crippen molar-refractivity contribution in [1.29, 1.82) is 0 Å². The lowest BCUT2D eigenvalue weighted by atomic mass is 10.3. The molecule has 0 saturated carbocycles. The minimum Gasteiger partial charge on any atom is -0.394 e. The Labute approximate surface area is 107 Å². The molecule has 0 saturated heterocycles. The monoisotopic (exact) mass is 270 g/mol. The number of hydrogen-bond acceptors (Lipinski definition) is 4. The SMILES string of the molecule is Cc1nn(C)c(NC(=O)c2ccc(Cl)s2)c1N. The second kappa shape index (κ2) is 4.38. The fourth-order valence-electron chi connectivity index (χ4n) is 1.43. The van der Waals surface area contributed by atoms with Gasteiger partial charge in [0, 0.05) is 7.05 Å². The number of nitrogens with zero attached hydrogens (tertiary/aromatic N) is 2. The summed E-state index contributed by atoms with van der Waals surface area (Å²) in [5, 5.41) is 6.83. The first-order chi connectivity index (χ1) is 7.99. The number of nitrogens with two attached hydrogens (primary N) is 1. The van der Waals surface area contributed by atoms with Gasteiger partial charge in [-0.3, -0.25) is 9.48 Å². The number of carbonyl (C=O) groups is 1. The van der Waals surface area contributed by atoms with Crippen molar-refractivity contribution in [3.63, 3.8) is 0 Å². The Balaban J connectivity index is 2.24. The summed E-state index contributed by atoms with van der Waals surface area (Å²) in [6.07, 6.45) is 0. The number of aromatic nitrogens is 2. The molecule has 0 bridgehead atoms. The van der Waals surface area contributed by atoms with Gasteiger partial charge in [-0.25, -0.2) is 0 Å². The zero-order valence-electron chi connectivity index (χ0n) is 9.32. The maximum absolute atomic E-state index is 11.9. The van der Waals surface area contributed by atoms with E-state index in [4.69, 9.17) is 17.3 Å². The lowest BCUT2D eigenvalue weighted by molar-refractivity contribution is 0.102. The van der Waals surface area contributed by atoms with Crippen LogP contribution >= 0.6 is 22.9 Å². The second-order valence-corrected chi connectivity index (χ2v) is 5.24. The van der Waals surface area contributed by atoms with Crippen LogP contribution in [-0.4, -0.2) is 15.7 Å². The molecular weight excluding hydrogens is 260 g/mol. The maximum atomic E-state index is 11.9. The number of nitrogen functional groups attached to an aromatic ring is 1. The summed E-state index contributed by atoms with van der Waals surface area (Å²) in [6, 6.07) is 3.35. The summed E-state index contributed by atoms with van der Waals surface area (Å²) in [6.45, 7) is 1.78. The van der Waals surface area contributed by atoms with Gasteiger partial charge in [-0.2, -0.15) is 5.10 Å². The molecule has 0 unspecified atom stereocenters. The summed E-state index contributed by atoms with van der Waals surface area (Å²) < 4.78 is 2.11. The van der Waals surface area contributed by atoms with Gasteiger partial charge in [-0.1, -0.05) is 11.6 Å². The summed E-state index contributed by atoms with van der Waals surface area (Å²) in [7, 11) is 1.72. The van der Waals surface area contributed by atoms with Gasteiger partial charge in [-0.15, -0.1) is 11.3 Å². The van der Waals surface area contributed by atoms with Crippen LogP contribution in [0.3, 0.4) is 0 Å². The molecule has 2 aromatic heterocycles. The number of thiophene rings is 1. The Morgan fingerprint density at radius 1 is 1.59 bits per heavy atom. The molecule has 3 N–H and O–H groups in total. The van der Waals surface area contributed by atoms with Gasteiger partial charge < -0.3 is 11.1 Å². The standard InChI is InChI=1S/C10H11ClN4OS/c1-5-8(12)9(15(2)14-5)13-10(16)6-3-4-7(11)17-6/h3-4H,12H2,1-2H3,(H,13,16). The Morgan fingerprint density at radius 2 is 2.29 bits per heavy atom. The Hall–Kier alpha value is -1.53. The van der Waals surface area contributed by atoms with E-state index in [0.29, 0.717) is 26.4 Å². The largest absolute Gasteiger partial charge is 0.394 e. The van der Waals surface area contributed by atoms with E-state index in [9.17, 15) is 4.79 Å². The van der Waals surface area contributed by atoms with Gasteiger partial charge in [0.25, 0.3) is 5.91 Å². The summed E-state index contributed by atoms with van der Waals surface area (Å²) in [4.78, 5) is 12.4. The van der Waals surface area contributed by atoms with Crippen molar-refractivity contribution in [3.8, 4) is 0 Å². The van der Waals surface area contributed by atoms with Crippen molar-refractivity contribution < 1.29 is 4.79 Å². The number of aryl methyl sites for hydroxylation is 2. The highest BCUT2D eigenvalue weighted by molar-refractivity contribution is 7.18. The van der Waals surface area contributed by atoms with Crippen LogP contribution in [0, 0.1) is 6.92 Å². The molecule has 2 aromatic rings. The molecule has 7 heteroatoms. The van der Waals surface area contributed by atoms with Crippen molar-refractivity contribution in [2.24, 2.45) is 7.05 Å². The van der Waals surface area contributed by atoms with Crippen molar-refractivity contribution in [1.82, 2.24) is 9.78 Å². The quantitative estimate of drug-likeness (QED) is 0.879. The lowest BCUT2D eigenvalue weighted by Gasteiger charge is -2.04. The van der Waals surface area contributed by atoms with Crippen molar-refractivity contribution in [2.45, 2.75) is 6.92 Å². The van der Waals surface area contributed by atoms with Crippen LogP contribution in [0.2, 0.25) is 4.34 Å². The highest BCUT2D eigenvalue weighted by Crippen LogP contribution is 2.25. The molecule has 5 nitrogen and oxygen atoms in total. The molecule has 0 aromatic carbocycles. The number of amides is 1. The van der Waals surface area contributed by atoms with Crippen LogP contribution in [0.1, 0.15) is 15.4 Å². The van der Waals surface area contributed by atoms with E-state index < -0.39 is 0 Å². The first kappa shape index (κ1) is 11.9. The van der Waals surface area contributed by atoms with Gasteiger partial charge >= 0.3 is 0 Å². The first-order valence-corrected chi connectivity index (χ1v) is 6.04. The highest BCUT2D eigenvalue weighted by atomic mass is 35.5. The topological polar surface area (TPSA) is 72.9 Å². The molecule has 2 rings (SSSR count). The van der Waals surface area contributed by atoms with Gasteiger partial charge in [-0.05, 0) is 19.1 Å². The molecule has 1 amide bonds. The van der Waals surface area contributed by atoms with Crippen LogP contribution in [0.15, 0.2) is 12.1 Å². The minimum absolute atomic E-state index is 0.239. The van der Waals surface area contributed by atoms with Gasteiger partial charge in [0.15, 0.2) is 5.82 Å². The van der Waals surface area contributed by atoms with Crippen LogP contribution < -0.4 is 11.1 Å². The van der Waals surface area contributed by atoms with E-state index in [1.165, 1.54) is 16.0 Å². The number of hydrogen-bond donors (Lipinski definition) is 2. The van der Waals surface area contributed by atoms with Gasteiger partial charge in [0.05, 0.1) is 20.6 Å². The number of rotatable bonds is 2. The van der Waals surface area contributed by atoms with E-state index in [2.05, 4.69) is 10.4 Å². The van der Waals surface area contributed by atoms with E-state index in [1.54, 1.807) is 26.1 Å². The molecular formula is C10H11ClN4OS. The average Bonchev–Trinajstić information content (AvgIpc) is 2.79. The second-order valence-electron chi connectivity index (χ2n) is 3.53. The molecule has 0 spiro atoms. The van der Waals surface area contributed by atoms with Crippen molar-refractivity contribution in [2.75, 3.05) is 11.1 Å². The molecule has 90 valence electrons. The zero-order chi connectivity index (χ0) is 12.6. The minimum atomic E-state index is -0.239. The molecule has 0 atom stereocenters. The summed E-state index contributed by atoms with van der Waals surface area (Å²) >= 11 is 6.99. The number of halogens is 1. The predicted octanol–water partition coefficient (Wildman–Crippen LogP) is 2.28. The summed E-state index contributed by atoms with van der Waals surface area (Å²) in [5.41, 5.74) is 6.98. The van der Waals surface area contributed by atoms with Crippen LogP contribution in [-0.2, 0) is 7.05 Å². The van der Waals surface area contributed by atoms with Crippen LogP contribution in [0.4, 0.5) is 11.5 Å². The van der Waals surface area contributed by atoms with Crippen molar-refractivity contribution in [3.05, 3.63) is 27.0 Å². The third kappa shape index (κ3) is 2.27. The van der Waals surface area contributed by atoms with Gasteiger partial charge in [0.1, 0.15) is 0 Å². The van der Waals surface area contributed by atoms with E-state index in [0.717, 1.165) is 0 Å². The Kier molecular flexibility index (Phi) is 3.08. The first-order valence-electron chi connectivity index (χ1n) is 4.85. The van der Waals surface area contributed by atoms with Crippen LogP contribution in [0.25, 0.3) is 0 Å². The van der Waals surface area contributed by atoms with E-state index in [1.807, 2.05) is 0 Å². The highest BCUT2D eigenvalue weighted by Gasteiger charge is 2.15. The summed E-state index contributed by atoms with van der Waals surface area (Å²) in [5.74, 6) is 0.258. The van der Waals surface area contributed by atoms with Crippen molar-refractivity contribution >= 4 is 40.4 Å². The molecule has 0 radical (unpaired) electrons. The molecule has 2 heterocycles. The van der Waals surface area contributed by atoms with Crippen LogP contribution in [0.5, 0.6) is 0 Å². The molecule has 0 aliphatic heterocycles. The fourth-order valence-corrected chi connectivity index (χ4v) is 2.37.